The van der Waals surface area contributed by atoms with Crippen LogP contribution in [0.3, 0.4) is 0 Å². The van der Waals surface area contributed by atoms with Crippen molar-refractivity contribution in [2.24, 2.45) is 0 Å². The summed E-state index contributed by atoms with van der Waals surface area (Å²) in [6.45, 7) is 0. The monoisotopic (exact) mass is 290 g/mol. The fraction of sp³-hybridized carbons (Fsp3) is 0.429. The van der Waals surface area contributed by atoms with Gasteiger partial charge < -0.3 is 0 Å². The molecule has 15 heavy (non-hydrogen) atoms. The van der Waals surface area contributed by atoms with Gasteiger partial charge in [-0.05, 0) is 15.9 Å². The van der Waals surface area contributed by atoms with Gasteiger partial charge in [0, 0.05) is 6.42 Å². The molecule has 0 aromatic carbocycles. The summed E-state index contributed by atoms with van der Waals surface area (Å²) < 4.78 is 60.2. The molecule has 0 unspecified atom stereocenters. The molecule has 0 fully saturated rings. The summed E-state index contributed by atoms with van der Waals surface area (Å²) in [6, 6.07) is 0. The Morgan fingerprint density at radius 1 is 1.07 bits per heavy atom. The van der Waals surface area contributed by atoms with Crippen LogP contribution in [0.5, 0.6) is 0 Å². The maximum absolute atomic E-state index is 12.7. The average molecular weight is 291 g/mol. The first-order valence-electron chi connectivity index (χ1n) is 3.74. The highest BCUT2D eigenvalue weighted by molar-refractivity contribution is 9.10. The second-order valence-corrected chi connectivity index (χ2v) is 3.44. The van der Waals surface area contributed by atoms with E-state index in [1.165, 1.54) is 0 Å². The van der Waals surface area contributed by atoms with Crippen LogP contribution in [0.25, 0.3) is 0 Å². The highest BCUT2D eigenvalue weighted by Gasteiger charge is 2.27. The molecule has 0 aliphatic rings. The van der Waals surface area contributed by atoms with E-state index in [1.807, 2.05) is 0 Å². The Labute approximate surface area is 89.7 Å². The number of rotatable bonds is 2. The van der Waals surface area contributed by atoms with Gasteiger partial charge in [0.1, 0.15) is 10.3 Å². The summed E-state index contributed by atoms with van der Waals surface area (Å²) in [4.78, 5) is 6.14. The summed E-state index contributed by atoms with van der Waals surface area (Å²) in [6.07, 6.45) is -6.26. The summed E-state index contributed by atoms with van der Waals surface area (Å²) >= 11 is 2.51. The Hall–Kier alpha value is -0.790. The van der Waals surface area contributed by atoms with E-state index in [1.54, 1.807) is 0 Å². The molecule has 2 nitrogen and oxygen atoms in total. The van der Waals surface area contributed by atoms with Crippen LogP contribution in [0.2, 0.25) is 0 Å². The van der Waals surface area contributed by atoms with Crippen LogP contribution >= 0.6 is 15.9 Å². The molecular weight excluding hydrogens is 287 g/mol. The molecule has 1 heterocycles. The first kappa shape index (κ1) is 12.3. The first-order valence-corrected chi connectivity index (χ1v) is 4.53. The van der Waals surface area contributed by atoms with Crippen molar-refractivity contribution in [2.75, 3.05) is 0 Å². The van der Waals surface area contributed by atoms with Gasteiger partial charge in [-0.2, -0.15) is 22.0 Å². The minimum absolute atomic E-state index is 0.509. The van der Waals surface area contributed by atoms with Crippen LogP contribution in [0.15, 0.2) is 4.47 Å². The van der Waals surface area contributed by atoms with Crippen molar-refractivity contribution >= 4 is 15.9 Å². The van der Waals surface area contributed by atoms with Gasteiger partial charge in [0.15, 0.2) is 0 Å². The fourth-order valence-electron chi connectivity index (χ4n) is 0.800. The Balaban J connectivity index is 2.80. The maximum Gasteiger partial charge on any atom is 0.389 e. The highest BCUT2D eigenvalue weighted by atomic mass is 79.9. The van der Waals surface area contributed by atoms with Crippen molar-refractivity contribution < 1.29 is 22.0 Å². The molecule has 0 bridgehead atoms. The van der Waals surface area contributed by atoms with Gasteiger partial charge in [-0.3, -0.25) is 0 Å². The maximum atomic E-state index is 12.7. The zero-order chi connectivity index (χ0) is 11.6. The average Bonchev–Trinajstić information content (AvgIpc) is 2.09. The number of alkyl halides is 3. The van der Waals surface area contributed by atoms with Crippen molar-refractivity contribution in [3.05, 3.63) is 22.2 Å². The van der Waals surface area contributed by atoms with E-state index < -0.39 is 41.2 Å². The minimum atomic E-state index is -4.40. The summed E-state index contributed by atoms with van der Waals surface area (Å²) in [5.74, 6) is -2.93. The van der Waals surface area contributed by atoms with Crippen molar-refractivity contribution in [1.29, 1.82) is 0 Å². The predicted molar refractivity (Wildman–Crippen MR) is 44.0 cm³/mol. The van der Waals surface area contributed by atoms with E-state index >= 15 is 0 Å². The SMILES string of the molecule is Fc1nc(CCC(F)(F)F)nc(F)c1Br. The molecule has 1 aromatic heterocycles. The van der Waals surface area contributed by atoms with Crippen LogP contribution in [0.4, 0.5) is 22.0 Å². The van der Waals surface area contributed by atoms with Crippen molar-refractivity contribution in [3.63, 3.8) is 0 Å². The second-order valence-electron chi connectivity index (χ2n) is 2.65. The van der Waals surface area contributed by atoms with E-state index in [0.717, 1.165) is 0 Å². The molecular formula is C7H4BrF5N2. The lowest BCUT2D eigenvalue weighted by molar-refractivity contribution is -0.134. The van der Waals surface area contributed by atoms with Crippen LogP contribution < -0.4 is 0 Å². The molecule has 0 aliphatic carbocycles. The van der Waals surface area contributed by atoms with Gasteiger partial charge in [-0.25, -0.2) is 9.97 Å². The van der Waals surface area contributed by atoms with Crippen molar-refractivity contribution in [3.8, 4) is 0 Å². The Bertz CT molecular complexity index is 342. The van der Waals surface area contributed by atoms with Crippen molar-refractivity contribution in [1.82, 2.24) is 9.97 Å². The van der Waals surface area contributed by atoms with Crippen molar-refractivity contribution in [2.45, 2.75) is 19.0 Å². The molecule has 1 rings (SSSR count). The largest absolute Gasteiger partial charge is 0.389 e. The van der Waals surface area contributed by atoms with Gasteiger partial charge >= 0.3 is 6.18 Å². The lowest BCUT2D eigenvalue weighted by atomic mass is 10.3. The molecule has 84 valence electrons. The van der Waals surface area contributed by atoms with Gasteiger partial charge in [0.2, 0.25) is 11.9 Å². The Morgan fingerprint density at radius 3 is 1.93 bits per heavy atom. The number of aromatic nitrogens is 2. The lowest BCUT2D eigenvalue weighted by Crippen LogP contribution is -2.11. The summed E-state index contributed by atoms with van der Waals surface area (Å²) in [7, 11) is 0. The van der Waals surface area contributed by atoms with E-state index in [2.05, 4.69) is 25.9 Å². The molecule has 0 saturated heterocycles. The Morgan fingerprint density at radius 2 is 1.53 bits per heavy atom. The standard InChI is InChI=1S/C7H4BrF5N2/c8-4-5(9)14-3(15-6(4)10)1-2-7(11,12)13/h1-2H2. The molecule has 8 heteroatoms. The Kier molecular flexibility index (Phi) is 3.58. The molecule has 0 aliphatic heterocycles. The van der Waals surface area contributed by atoms with Crippen LogP contribution in [-0.2, 0) is 6.42 Å². The predicted octanol–water partition coefficient (Wildman–Crippen LogP) is 3.01. The third kappa shape index (κ3) is 3.69. The number of nitrogens with zero attached hydrogens (tertiary/aromatic N) is 2. The number of hydrogen-bond donors (Lipinski definition) is 0. The molecule has 0 N–H and O–H groups in total. The second kappa shape index (κ2) is 4.38. The molecule has 0 radical (unpaired) electrons. The van der Waals surface area contributed by atoms with E-state index in [0.29, 0.717) is 0 Å². The topological polar surface area (TPSA) is 25.8 Å². The lowest BCUT2D eigenvalue weighted by Gasteiger charge is -2.05. The van der Waals surface area contributed by atoms with E-state index in [-0.39, 0.29) is 0 Å². The first-order chi connectivity index (χ1) is 6.79. The smallest absolute Gasteiger partial charge is 0.203 e. The van der Waals surface area contributed by atoms with E-state index in [9.17, 15) is 22.0 Å². The molecule has 0 amide bonds. The molecule has 1 aromatic rings. The van der Waals surface area contributed by atoms with Crippen LogP contribution in [0, 0.1) is 11.9 Å². The van der Waals surface area contributed by atoms with Crippen LogP contribution in [0.1, 0.15) is 12.2 Å². The summed E-state index contributed by atoms with van der Waals surface area (Å²) in [5, 5.41) is 0. The quantitative estimate of drug-likeness (QED) is 0.618. The summed E-state index contributed by atoms with van der Waals surface area (Å²) in [5.41, 5.74) is 0. The zero-order valence-electron chi connectivity index (χ0n) is 7.08. The minimum Gasteiger partial charge on any atom is -0.203 e. The number of halogens is 6. The van der Waals surface area contributed by atoms with Gasteiger partial charge in [0.05, 0.1) is 6.42 Å². The fourth-order valence-corrected chi connectivity index (χ4v) is 0.978. The molecule has 0 spiro atoms. The van der Waals surface area contributed by atoms with Gasteiger partial charge in [-0.1, -0.05) is 0 Å². The zero-order valence-corrected chi connectivity index (χ0v) is 8.66. The third-order valence-corrected chi connectivity index (χ3v) is 2.10. The molecule has 0 atom stereocenters. The molecule has 0 saturated carbocycles. The number of hydrogen-bond acceptors (Lipinski definition) is 2. The van der Waals surface area contributed by atoms with Gasteiger partial charge in [0.25, 0.3) is 0 Å². The van der Waals surface area contributed by atoms with Gasteiger partial charge in [-0.15, -0.1) is 0 Å². The number of aryl methyl sites for hydroxylation is 1. The van der Waals surface area contributed by atoms with Crippen LogP contribution in [-0.4, -0.2) is 16.1 Å². The normalized spacial score (nSPS) is 11.9. The highest BCUT2D eigenvalue weighted by Crippen LogP contribution is 2.22. The third-order valence-electron chi connectivity index (χ3n) is 1.45. The van der Waals surface area contributed by atoms with E-state index in [4.69, 9.17) is 0 Å².